The Balaban J connectivity index is 1.79. The van der Waals surface area contributed by atoms with Gasteiger partial charge >= 0.3 is 0 Å². The molecule has 0 aromatic heterocycles. The normalized spacial score (nSPS) is 19.4. The summed E-state index contributed by atoms with van der Waals surface area (Å²) in [4.78, 5) is 13.6. The van der Waals surface area contributed by atoms with E-state index in [1.807, 2.05) is 0 Å². The van der Waals surface area contributed by atoms with Crippen molar-refractivity contribution in [2.45, 2.75) is 62.8 Å². The quantitative estimate of drug-likeness (QED) is 0.863. The summed E-state index contributed by atoms with van der Waals surface area (Å²) in [5, 5.41) is 0. The van der Waals surface area contributed by atoms with E-state index in [0.29, 0.717) is 17.9 Å². The lowest BCUT2D eigenvalue weighted by atomic mass is 10.1. The van der Waals surface area contributed by atoms with Crippen molar-refractivity contribution in [2.75, 3.05) is 11.4 Å². The predicted molar refractivity (Wildman–Crippen MR) is 90.0 cm³/mol. The maximum atomic E-state index is 12.6. The van der Waals surface area contributed by atoms with E-state index < -0.39 is 10.0 Å². The Morgan fingerprint density at radius 3 is 2.52 bits per heavy atom. The average Bonchev–Trinajstić information content (AvgIpc) is 2.77. The monoisotopic (exact) mass is 336 g/mol. The molecule has 3 rings (SSSR count). The summed E-state index contributed by atoms with van der Waals surface area (Å²) in [5.74, 6) is -0.00376. The van der Waals surface area contributed by atoms with Crippen molar-refractivity contribution < 1.29 is 13.2 Å². The number of nitrogens with one attached hydrogen (secondary N) is 1. The van der Waals surface area contributed by atoms with Gasteiger partial charge in [-0.05, 0) is 43.0 Å². The van der Waals surface area contributed by atoms with Crippen molar-refractivity contribution in [3.63, 3.8) is 0 Å². The molecule has 1 N–H and O–H groups in total. The van der Waals surface area contributed by atoms with Crippen LogP contribution < -0.4 is 9.62 Å². The third-order valence-corrected chi connectivity index (χ3v) is 6.33. The molecule has 2 aliphatic rings. The van der Waals surface area contributed by atoms with E-state index >= 15 is 0 Å². The van der Waals surface area contributed by atoms with E-state index in [9.17, 15) is 13.2 Å². The molecule has 1 amide bonds. The van der Waals surface area contributed by atoms with Gasteiger partial charge < -0.3 is 4.90 Å². The van der Waals surface area contributed by atoms with Gasteiger partial charge in [-0.15, -0.1) is 0 Å². The number of rotatable bonds is 3. The molecular weight excluding hydrogens is 312 g/mol. The Bertz CT molecular complexity index is 692. The number of amides is 1. The molecule has 1 aliphatic carbocycles. The fraction of sp³-hybridized carbons (Fsp3) is 0.588. The summed E-state index contributed by atoms with van der Waals surface area (Å²) in [5.41, 5.74) is 1.77. The van der Waals surface area contributed by atoms with Crippen LogP contribution in [-0.2, 0) is 21.2 Å². The number of hydrogen-bond acceptors (Lipinski definition) is 3. The summed E-state index contributed by atoms with van der Waals surface area (Å²) < 4.78 is 28.1. The van der Waals surface area contributed by atoms with E-state index in [2.05, 4.69) is 4.72 Å². The number of sulfonamides is 1. The zero-order chi connectivity index (χ0) is 16.4. The number of hydrogen-bond donors (Lipinski definition) is 1. The molecule has 1 aromatic carbocycles. The minimum atomic E-state index is -3.49. The van der Waals surface area contributed by atoms with Gasteiger partial charge in [0.05, 0.1) is 4.90 Å². The van der Waals surface area contributed by atoms with Crippen LogP contribution in [0.5, 0.6) is 0 Å². The van der Waals surface area contributed by atoms with Crippen LogP contribution in [0, 0.1) is 0 Å². The third-order valence-electron chi connectivity index (χ3n) is 4.81. The molecule has 0 radical (unpaired) electrons. The van der Waals surface area contributed by atoms with Crippen LogP contribution in [0.25, 0.3) is 0 Å². The standard InChI is InChI=1S/C17H24N2O3S/c1-13(20)19-11-10-14-12-16(8-9-17(14)19)23(21,22)18-15-6-4-2-3-5-7-15/h8-9,12,15,18H,2-7,10-11H2,1H3. The van der Waals surface area contributed by atoms with Crippen LogP contribution in [0.2, 0.25) is 0 Å². The largest absolute Gasteiger partial charge is 0.312 e. The zero-order valence-electron chi connectivity index (χ0n) is 13.5. The fourth-order valence-corrected chi connectivity index (χ4v) is 4.91. The first-order valence-electron chi connectivity index (χ1n) is 8.41. The smallest absolute Gasteiger partial charge is 0.240 e. The van der Waals surface area contributed by atoms with E-state index in [1.165, 1.54) is 19.8 Å². The van der Waals surface area contributed by atoms with E-state index in [0.717, 1.165) is 36.9 Å². The van der Waals surface area contributed by atoms with Crippen LogP contribution >= 0.6 is 0 Å². The summed E-state index contributed by atoms with van der Waals surface area (Å²) in [7, 11) is -3.49. The highest BCUT2D eigenvalue weighted by Gasteiger charge is 2.26. The molecule has 23 heavy (non-hydrogen) atoms. The topological polar surface area (TPSA) is 66.5 Å². The van der Waals surface area contributed by atoms with Gasteiger partial charge in [0.1, 0.15) is 0 Å². The molecule has 0 unspecified atom stereocenters. The van der Waals surface area contributed by atoms with Crippen LogP contribution in [0.1, 0.15) is 51.0 Å². The summed E-state index contributed by atoms with van der Waals surface area (Å²) in [6.45, 7) is 2.16. The summed E-state index contributed by atoms with van der Waals surface area (Å²) in [6.07, 6.45) is 7.11. The lowest BCUT2D eigenvalue weighted by molar-refractivity contribution is -0.116. The predicted octanol–water partition coefficient (Wildman–Crippen LogP) is 2.60. The average molecular weight is 336 g/mol. The number of fused-ring (bicyclic) bond motifs is 1. The number of nitrogens with zero attached hydrogens (tertiary/aromatic N) is 1. The lowest BCUT2D eigenvalue weighted by Gasteiger charge is -2.18. The first-order valence-corrected chi connectivity index (χ1v) is 9.89. The Morgan fingerprint density at radius 2 is 1.87 bits per heavy atom. The Hall–Kier alpha value is -1.40. The molecule has 5 nitrogen and oxygen atoms in total. The van der Waals surface area contributed by atoms with Crippen molar-refractivity contribution in [1.82, 2.24) is 4.72 Å². The highest BCUT2D eigenvalue weighted by molar-refractivity contribution is 7.89. The van der Waals surface area contributed by atoms with E-state index in [1.54, 1.807) is 23.1 Å². The van der Waals surface area contributed by atoms with Gasteiger partial charge in [0.2, 0.25) is 15.9 Å². The van der Waals surface area contributed by atoms with Gasteiger partial charge in [-0.25, -0.2) is 13.1 Å². The van der Waals surface area contributed by atoms with Gasteiger partial charge in [0, 0.05) is 25.2 Å². The minimum absolute atomic E-state index is 0.00376. The molecule has 1 aliphatic heterocycles. The molecule has 1 heterocycles. The molecule has 6 heteroatoms. The van der Waals surface area contributed by atoms with E-state index in [-0.39, 0.29) is 11.9 Å². The second-order valence-electron chi connectivity index (χ2n) is 6.52. The van der Waals surface area contributed by atoms with Crippen LogP contribution in [0.3, 0.4) is 0 Å². The second kappa shape index (κ2) is 6.61. The highest BCUT2D eigenvalue weighted by Crippen LogP contribution is 2.30. The molecule has 0 bridgehead atoms. The first kappa shape index (κ1) is 16.5. The second-order valence-corrected chi connectivity index (χ2v) is 8.23. The Labute approximate surface area is 138 Å². The van der Waals surface area contributed by atoms with Crippen molar-refractivity contribution in [2.24, 2.45) is 0 Å². The van der Waals surface area contributed by atoms with Crippen molar-refractivity contribution in [3.05, 3.63) is 23.8 Å². The number of carbonyl (C=O) groups excluding carboxylic acids is 1. The van der Waals surface area contributed by atoms with E-state index in [4.69, 9.17) is 0 Å². The third kappa shape index (κ3) is 3.58. The zero-order valence-corrected chi connectivity index (χ0v) is 14.4. The molecule has 0 spiro atoms. The van der Waals surface area contributed by atoms with Crippen molar-refractivity contribution in [3.8, 4) is 0 Å². The molecular formula is C17H24N2O3S. The summed E-state index contributed by atoms with van der Waals surface area (Å²) in [6, 6.07) is 5.13. The van der Waals surface area contributed by atoms with Gasteiger partial charge in [-0.3, -0.25) is 4.79 Å². The minimum Gasteiger partial charge on any atom is -0.312 e. The number of anilines is 1. The maximum absolute atomic E-state index is 12.6. The van der Waals surface area contributed by atoms with Crippen LogP contribution in [-0.4, -0.2) is 26.9 Å². The molecule has 126 valence electrons. The maximum Gasteiger partial charge on any atom is 0.240 e. The molecule has 1 aromatic rings. The first-order chi connectivity index (χ1) is 11.0. The van der Waals surface area contributed by atoms with Crippen molar-refractivity contribution in [1.29, 1.82) is 0 Å². The fourth-order valence-electron chi connectivity index (χ4n) is 3.56. The SMILES string of the molecule is CC(=O)N1CCc2cc(S(=O)(=O)NC3CCCCCC3)ccc21. The van der Waals surface area contributed by atoms with Crippen LogP contribution in [0.4, 0.5) is 5.69 Å². The lowest BCUT2D eigenvalue weighted by Crippen LogP contribution is -2.34. The van der Waals surface area contributed by atoms with Gasteiger partial charge in [-0.2, -0.15) is 0 Å². The molecule has 0 atom stereocenters. The molecule has 1 saturated carbocycles. The van der Waals surface area contributed by atoms with Gasteiger partial charge in [0.15, 0.2) is 0 Å². The highest BCUT2D eigenvalue weighted by atomic mass is 32.2. The Morgan fingerprint density at radius 1 is 1.17 bits per heavy atom. The van der Waals surface area contributed by atoms with Crippen molar-refractivity contribution >= 4 is 21.6 Å². The van der Waals surface area contributed by atoms with Crippen LogP contribution in [0.15, 0.2) is 23.1 Å². The van der Waals surface area contributed by atoms with Gasteiger partial charge in [0.25, 0.3) is 0 Å². The number of benzene rings is 1. The number of carbonyl (C=O) groups is 1. The summed E-state index contributed by atoms with van der Waals surface area (Å²) >= 11 is 0. The van der Waals surface area contributed by atoms with Gasteiger partial charge in [-0.1, -0.05) is 25.7 Å². The Kier molecular flexibility index (Phi) is 4.73. The molecule has 1 fully saturated rings. The molecule has 0 saturated heterocycles.